The second-order valence-electron chi connectivity index (χ2n) is 6.35. The lowest BCUT2D eigenvalue weighted by Crippen LogP contribution is -2.34. The van der Waals surface area contributed by atoms with Gasteiger partial charge in [-0.2, -0.15) is 0 Å². The lowest BCUT2D eigenvalue weighted by molar-refractivity contribution is -0.145. The fourth-order valence-corrected chi connectivity index (χ4v) is 5.15. The van der Waals surface area contributed by atoms with Crippen LogP contribution >= 0.6 is 11.8 Å². The minimum absolute atomic E-state index is 0.0000858. The number of ether oxygens (including phenoxy) is 2. The summed E-state index contributed by atoms with van der Waals surface area (Å²) in [5, 5.41) is 10.2. The molecule has 6 heteroatoms. The molecular formula is C18H22O5S. The molecule has 5 nitrogen and oxygen atoms in total. The highest BCUT2D eigenvalue weighted by Crippen LogP contribution is 2.53. The van der Waals surface area contributed by atoms with Crippen LogP contribution in [-0.2, 0) is 9.53 Å². The number of benzene rings is 1. The maximum Gasteiger partial charge on any atom is 0.344 e. The summed E-state index contributed by atoms with van der Waals surface area (Å²) in [4.78, 5) is 24.7. The van der Waals surface area contributed by atoms with Crippen LogP contribution in [0.25, 0.3) is 0 Å². The largest absolute Gasteiger partial charge is 0.507 e. The number of hydrogen-bond acceptors (Lipinski definition) is 6. The van der Waals surface area contributed by atoms with Gasteiger partial charge >= 0.3 is 5.97 Å². The van der Waals surface area contributed by atoms with Crippen LogP contribution in [0.2, 0.25) is 0 Å². The third kappa shape index (κ3) is 3.53. The van der Waals surface area contributed by atoms with Crippen molar-refractivity contribution < 1.29 is 24.2 Å². The normalized spacial score (nSPS) is 19.0. The molecule has 0 amide bonds. The molecule has 130 valence electrons. The van der Waals surface area contributed by atoms with Gasteiger partial charge in [0, 0.05) is 22.1 Å². The fourth-order valence-electron chi connectivity index (χ4n) is 3.49. The Morgan fingerprint density at radius 1 is 1.29 bits per heavy atom. The van der Waals surface area contributed by atoms with E-state index < -0.39 is 5.97 Å². The van der Waals surface area contributed by atoms with Crippen molar-refractivity contribution in [2.75, 3.05) is 13.2 Å². The predicted molar refractivity (Wildman–Crippen MR) is 90.9 cm³/mol. The average molecular weight is 350 g/mol. The summed E-state index contributed by atoms with van der Waals surface area (Å²) in [5.41, 5.74) is 0.389. The first-order chi connectivity index (χ1) is 11.5. The first-order valence-corrected chi connectivity index (χ1v) is 9.22. The molecule has 0 unspecified atom stereocenters. The number of rotatable bonds is 4. The number of fused-ring (bicyclic) bond motifs is 1. The summed E-state index contributed by atoms with van der Waals surface area (Å²) in [5.74, 6) is -0.149. The van der Waals surface area contributed by atoms with Gasteiger partial charge in [-0.05, 0) is 25.8 Å². The molecule has 2 aliphatic rings. The first kappa shape index (κ1) is 17.1. The average Bonchev–Trinajstić information content (AvgIpc) is 2.53. The molecule has 0 aromatic heterocycles. The zero-order chi connectivity index (χ0) is 17.2. The molecule has 0 saturated heterocycles. The predicted octanol–water partition coefficient (Wildman–Crippen LogP) is 3.72. The van der Waals surface area contributed by atoms with Crippen LogP contribution in [0.4, 0.5) is 0 Å². The Kier molecular flexibility index (Phi) is 5.04. The van der Waals surface area contributed by atoms with E-state index in [4.69, 9.17) is 9.47 Å². The topological polar surface area (TPSA) is 72.8 Å². The van der Waals surface area contributed by atoms with Crippen LogP contribution in [0.5, 0.6) is 11.5 Å². The Bertz CT molecular complexity index is 649. The number of Topliss-reactive ketones (excluding diaryl/α,β-unsaturated/α-hetero) is 1. The van der Waals surface area contributed by atoms with E-state index in [1.54, 1.807) is 24.8 Å². The van der Waals surface area contributed by atoms with Gasteiger partial charge in [-0.25, -0.2) is 4.79 Å². The Morgan fingerprint density at radius 2 is 2.04 bits per heavy atom. The van der Waals surface area contributed by atoms with E-state index >= 15 is 0 Å². The molecule has 1 aromatic rings. The number of esters is 1. The molecule has 1 aliphatic heterocycles. The molecule has 1 N–H and O–H groups in total. The maximum atomic E-state index is 12.6. The monoisotopic (exact) mass is 350 g/mol. The summed E-state index contributed by atoms with van der Waals surface area (Å²) in [7, 11) is 0. The first-order valence-electron chi connectivity index (χ1n) is 8.41. The van der Waals surface area contributed by atoms with Crippen molar-refractivity contribution in [2.24, 2.45) is 0 Å². The van der Waals surface area contributed by atoms with Crippen molar-refractivity contribution in [3.05, 3.63) is 17.7 Å². The van der Waals surface area contributed by atoms with Gasteiger partial charge in [0.2, 0.25) is 0 Å². The zero-order valence-corrected chi connectivity index (χ0v) is 14.6. The molecule has 1 spiro atoms. The van der Waals surface area contributed by atoms with E-state index in [9.17, 15) is 14.7 Å². The molecule has 1 saturated carbocycles. The molecule has 1 aliphatic carbocycles. The molecular weight excluding hydrogens is 328 g/mol. The lowest BCUT2D eigenvalue weighted by Gasteiger charge is -2.39. The van der Waals surface area contributed by atoms with Gasteiger partial charge in [0.1, 0.15) is 11.5 Å². The highest BCUT2D eigenvalue weighted by molar-refractivity contribution is 8.01. The quantitative estimate of drug-likeness (QED) is 0.835. The Morgan fingerprint density at radius 3 is 2.75 bits per heavy atom. The number of carbonyl (C=O) groups excluding carboxylic acids is 2. The molecule has 1 fully saturated rings. The van der Waals surface area contributed by atoms with E-state index in [2.05, 4.69) is 0 Å². The van der Waals surface area contributed by atoms with Crippen molar-refractivity contribution in [1.29, 1.82) is 0 Å². The van der Waals surface area contributed by atoms with Crippen LogP contribution in [0, 0.1) is 0 Å². The van der Waals surface area contributed by atoms with E-state index in [0.717, 1.165) is 30.6 Å². The number of hydrogen-bond donors (Lipinski definition) is 1. The minimum Gasteiger partial charge on any atom is -0.507 e. The zero-order valence-electron chi connectivity index (χ0n) is 13.8. The van der Waals surface area contributed by atoms with Crippen molar-refractivity contribution in [3.63, 3.8) is 0 Å². The lowest BCUT2D eigenvalue weighted by atomic mass is 9.83. The van der Waals surface area contributed by atoms with E-state index in [-0.39, 0.29) is 22.9 Å². The smallest absolute Gasteiger partial charge is 0.344 e. The molecule has 0 atom stereocenters. The number of carbonyl (C=O) groups is 2. The highest BCUT2D eigenvalue weighted by Gasteiger charge is 2.41. The number of aromatic hydroxyl groups is 1. The number of thioether (sulfide) groups is 1. The van der Waals surface area contributed by atoms with Gasteiger partial charge < -0.3 is 14.6 Å². The highest BCUT2D eigenvalue weighted by atomic mass is 32.2. The standard InChI is InChI=1S/C18H22O5S/c1-2-22-16(21)11-23-12-8-13(19)17-14(20)10-18(24-15(17)9-12)6-4-3-5-7-18/h8-9,19H,2-7,10-11H2,1H3. The second kappa shape index (κ2) is 7.05. The van der Waals surface area contributed by atoms with Gasteiger partial charge in [0.05, 0.1) is 12.2 Å². The van der Waals surface area contributed by atoms with Crippen LogP contribution in [0.3, 0.4) is 0 Å². The SMILES string of the molecule is CCOC(=O)COc1cc(O)c2c(c1)SC1(CCCCC1)CC2=O. The molecule has 0 bridgehead atoms. The third-order valence-corrected chi connectivity index (χ3v) is 6.10. The van der Waals surface area contributed by atoms with Crippen molar-refractivity contribution in [1.82, 2.24) is 0 Å². The molecule has 24 heavy (non-hydrogen) atoms. The molecule has 1 aromatic carbocycles. The van der Waals surface area contributed by atoms with Crippen LogP contribution in [-0.4, -0.2) is 34.8 Å². The van der Waals surface area contributed by atoms with Gasteiger partial charge in [0.25, 0.3) is 0 Å². The summed E-state index contributed by atoms with van der Waals surface area (Å²) < 4.78 is 10.2. The summed E-state index contributed by atoms with van der Waals surface area (Å²) in [6.07, 6.45) is 6.04. The van der Waals surface area contributed by atoms with Crippen LogP contribution < -0.4 is 4.74 Å². The van der Waals surface area contributed by atoms with Crippen molar-refractivity contribution in [3.8, 4) is 11.5 Å². The van der Waals surface area contributed by atoms with E-state index in [1.165, 1.54) is 12.5 Å². The molecule has 3 rings (SSSR count). The van der Waals surface area contributed by atoms with E-state index in [1.807, 2.05) is 0 Å². The summed E-state index contributed by atoms with van der Waals surface area (Å²) >= 11 is 1.68. The van der Waals surface area contributed by atoms with Crippen molar-refractivity contribution in [2.45, 2.75) is 55.1 Å². The number of phenolic OH excluding ortho intramolecular Hbond substituents is 1. The minimum atomic E-state index is -0.456. The van der Waals surface area contributed by atoms with Gasteiger partial charge in [-0.3, -0.25) is 4.79 Å². The number of ketones is 1. The second-order valence-corrected chi connectivity index (χ2v) is 7.86. The van der Waals surface area contributed by atoms with Gasteiger partial charge in [-0.1, -0.05) is 19.3 Å². The summed E-state index contributed by atoms with van der Waals surface area (Å²) in [6, 6.07) is 3.15. The Labute approximate surface area is 145 Å². The third-order valence-electron chi connectivity index (χ3n) is 4.57. The summed E-state index contributed by atoms with van der Waals surface area (Å²) in [6.45, 7) is 1.81. The molecule has 1 heterocycles. The van der Waals surface area contributed by atoms with Gasteiger partial charge in [-0.15, -0.1) is 11.8 Å². The fraction of sp³-hybridized carbons (Fsp3) is 0.556. The van der Waals surface area contributed by atoms with Crippen LogP contribution in [0.1, 0.15) is 55.8 Å². The maximum absolute atomic E-state index is 12.6. The number of phenols is 1. The Balaban J connectivity index is 1.82. The van der Waals surface area contributed by atoms with Crippen LogP contribution in [0.15, 0.2) is 17.0 Å². The Hall–Kier alpha value is -1.69. The molecule has 0 radical (unpaired) electrons. The van der Waals surface area contributed by atoms with E-state index in [0.29, 0.717) is 24.3 Å². The van der Waals surface area contributed by atoms with Crippen molar-refractivity contribution >= 4 is 23.5 Å². The van der Waals surface area contributed by atoms with Gasteiger partial charge in [0.15, 0.2) is 12.4 Å².